The molecule has 0 aliphatic rings. The molecule has 1 aromatic carbocycles. The lowest BCUT2D eigenvalue weighted by Gasteiger charge is -2.12. The van der Waals surface area contributed by atoms with Gasteiger partial charge < -0.3 is 10.1 Å². The van der Waals surface area contributed by atoms with Crippen LogP contribution in [0.5, 0.6) is 5.75 Å². The Morgan fingerprint density at radius 3 is 2.89 bits per heavy atom. The quantitative estimate of drug-likeness (QED) is 0.911. The Bertz CT molecular complexity index is 571. The van der Waals surface area contributed by atoms with E-state index in [0.717, 1.165) is 0 Å². The summed E-state index contributed by atoms with van der Waals surface area (Å²) in [5.41, 5.74) is 0.357. The fourth-order valence-electron chi connectivity index (χ4n) is 1.53. The van der Waals surface area contributed by atoms with Gasteiger partial charge in [-0.05, 0) is 19.1 Å². The minimum Gasteiger partial charge on any atom is -0.494 e. The van der Waals surface area contributed by atoms with Crippen LogP contribution in [0.15, 0.2) is 30.9 Å². The maximum Gasteiger partial charge on any atom is 0.249 e. The first kappa shape index (κ1) is 13.0. The van der Waals surface area contributed by atoms with Crippen LogP contribution < -0.4 is 10.1 Å². The molecule has 0 aliphatic heterocycles. The number of hydrogen-bond donors (Lipinski definition) is 1. The Morgan fingerprint density at radius 2 is 2.32 bits per heavy atom. The van der Waals surface area contributed by atoms with E-state index in [2.05, 4.69) is 15.4 Å². The lowest BCUT2D eigenvalue weighted by molar-refractivity contribution is -0.119. The highest BCUT2D eigenvalue weighted by molar-refractivity contribution is 5.93. The minimum absolute atomic E-state index is 0.127. The van der Waals surface area contributed by atoms with E-state index in [9.17, 15) is 9.18 Å². The molecule has 7 heteroatoms. The van der Waals surface area contributed by atoms with Crippen LogP contribution in [0.4, 0.5) is 10.1 Å². The maximum atomic E-state index is 13.5. The van der Waals surface area contributed by atoms with Gasteiger partial charge in [-0.2, -0.15) is 5.10 Å². The smallest absolute Gasteiger partial charge is 0.249 e. The molecule has 1 amide bonds. The summed E-state index contributed by atoms with van der Waals surface area (Å²) in [6.45, 7) is 1.67. The lowest BCUT2D eigenvalue weighted by Crippen LogP contribution is -2.24. The normalized spacial score (nSPS) is 11.9. The number of benzene rings is 1. The molecule has 0 saturated carbocycles. The molecule has 2 rings (SSSR count). The second-order valence-electron chi connectivity index (χ2n) is 3.89. The number of carbonyl (C=O) groups is 1. The number of carbonyl (C=O) groups excluding carboxylic acids is 1. The van der Waals surface area contributed by atoms with Crippen LogP contribution in [0.1, 0.15) is 13.0 Å². The fourth-order valence-corrected chi connectivity index (χ4v) is 1.53. The molecule has 1 heterocycles. The van der Waals surface area contributed by atoms with Crippen LogP contribution in [-0.2, 0) is 4.79 Å². The SMILES string of the molecule is COc1ccc(NC(=O)[C@@H](C)n2cncn2)cc1F. The Morgan fingerprint density at radius 1 is 1.53 bits per heavy atom. The molecule has 100 valence electrons. The first-order chi connectivity index (χ1) is 9.11. The van der Waals surface area contributed by atoms with E-state index in [4.69, 9.17) is 4.74 Å². The van der Waals surface area contributed by atoms with E-state index in [1.807, 2.05) is 0 Å². The number of nitrogens with one attached hydrogen (secondary N) is 1. The number of nitrogens with zero attached hydrogens (tertiary/aromatic N) is 3. The molecule has 1 aromatic heterocycles. The maximum absolute atomic E-state index is 13.5. The Labute approximate surface area is 109 Å². The van der Waals surface area contributed by atoms with Crippen molar-refractivity contribution in [1.82, 2.24) is 14.8 Å². The van der Waals surface area contributed by atoms with Crippen molar-refractivity contribution in [2.24, 2.45) is 0 Å². The van der Waals surface area contributed by atoms with E-state index in [1.54, 1.807) is 13.0 Å². The summed E-state index contributed by atoms with van der Waals surface area (Å²) in [6.07, 6.45) is 2.79. The Balaban J connectivity index is 2.09. The largest absolute Gasteiger partial charge is 0.494 e. The van der Waals surface area contributed by atoms with Gasteiger partial charge in [0.25, 0.3) is 0 Å². The van der Waals surface area contributed by atoms with Crippen molar-refractivity contribution in [2.45, 2.75) is 13.0 Å². The number of halogens is 1. The summed E-state index contributed by atoms with van der Waals surface area (Å²) in [5.74, 6) is -0.717. The summed E-state index contributed by atoms with van der Waals surface area (Å²) in [5, 5.41) is 6.47. The number of amides is 1. The highest BCUT2D eigenvalue weighted by atomic mass is 19.1. The number of hydrogen-bond acceptors (Lipinski definition) is 4. The van der Waals surface area contributed by atoms with Crippen molar-refractivity contribution in [3.05, 3.63) is 36.7 Å². The highest BCUT2D eigenvalue weighted by Crippen LogP contribution is 2.21. The summed E-state index contributed by atoms with van der Waals surface area (Å²) in [4.78, 5) is 15.7. The van der Waals surface area contributed by atoms with Gasteiger partial charge in [-0.3, -0.25) is 4.79 Å². The zero-order valence-electron chi connectivity index (χ0n) is 10.5. The predicted octanol–water partition coefficient (Wildman–Crippen LogP) is 1.63. The standard InChI is InChI=1S/C12H13FN4O2/c1-8(17-7-14-6-15-17)12(18)16-9-3-4-11(19-2)10(13)5-9/h3-8H,1-2H3,(H,16,18)/t8-/m1/s1. The molecule has 0 spiro atoms. The first-order valence-electron chi connectivity index (χ1n) is 5.60. The van der Waals surface area contributed by atoms with Crippen LogP contribution in [0.3, 0.4) is 0 Å². The van der Waals surface area contributed by atoms with E-state index < -0.39 is 11.9 Å². The average Bonchev–Trinajstić information content (AvgIpc) is 2.92. The molecule has 19 heavy (non-hydrogen) atoms. The molecule has 0 fully saturated rings. The summed E-state index contributed by atoms with van der Waals surface area (Å²) in [6, 6.07) is 3.68. The monoisotopic (exact) mass is 264 g/mol. The van der Waals surface area contributed by atoms with Gasteiger partial charge in [0.15, 0.2) is 11.6 Å². The highest BCUT2D eigenvalue weighted by Gasteiger charge is 2.16. The van der Waals surface area contributed by atoms with Crippen molar-refractivity contribution in [2.75, 3.05) is 12.4 Å². The van der Waals surface area contributed by atoms with Crippen LogP contribution in [0.25, 0.3) is 0 Å². The third-order valence-corrected chi connectivity index (χ3v) is 2.63. The van der Waals surface area contributed by atoms with Crippen LogP contribution >= 0.6 is 0 Å². The van der Waals surface area contributed by atoms with Crippen molar-refractivity contribution in [3.8, 4) is 5.75 Å². The topological polar surface area (TPSA) is 69.0 Å². The van der Waals surface area contributed by atoms with Crippen molar-refractivity contribution < 1.29 is 13.9 Å². The second kappa shape index (κ2) is 5.47. The number of ether oxygens (including phenoxy) is 1. The van der Waals surface area contributed by atoms with Gasteiger partial charge in [0.05, 0.1) is 7.11 Å². The van der Waals surface area contributed by atoms with E-state index in [1.165, 1.54) is 36.6 Å². The molecule has 1 atom stereocenters. The molecule has 6 nitrogen and oxygen atoms in total. The third-order valence-electron chi connectivity index (χ3n) is 2.63. The zero-order chi connectivity index (χ0) is 13.8. The van der Waals surface area contributed by atoms with E-state index >= 15 is 0 Å². The van der Waals surface area contributed by atoms with Crippen LogP contribution in [0, 0.1) is 5.82 Å². The van der Waals surface area contributed by atoms with Crippen molar-refractivity contribution in [1.29, 1.82) is 0 Å². The predicted molar refractivity (Wildman–Crippen MR) is 66.3 cm³/mol. The molecule has 1 N–H and O–H groups in total. The van der Waals surface area contributed by atoms with Crippen molar-refractivity contribution >= 4 is 11.6 Å². The summed E-state index contributed by atoms with van der Waals surface area (Å²) >= 11 is 0. The zero-order valence-corrected chi connectivity index (χ0v) is 10.5. The van der Waals surface area contributed by atoms with Gasteiger partial charge in [0.2, 0.25) is 5.91 Å². The van der Waals surface area contributed by atoms with Gasteiger partial charge in [0.1, 0.15) is 18.7 Å². The molecular formula is C12H13FN4O2. The second-order valence-corrected chi connectivity index (χ2v) is 3.89. The van der Waals surface area contributed by atoms with E-state index in [0.29, 0.717) is 5.69 Å². The molecule has 0 saturated heterocycles. The molecular weight excluding hydrogens is 251 g/mol. The first-order valence-corrected chi connectivity index (χ1v) is 5.60. The average molecular weight is 264 g/mol. The summed E-state index contributed by atoms with van der Waals surface area (Å²) in [7, 11) is 1.38. The fraction of sp³-hybridized carbons (Fsp3) is 0.250. The number of rotatable bonds is 4. The van der Waals surface area contributed by atoms with Gasteiger partial charge in [-0.25, -0.2) is 14.1 Å². The number of methoxy groups -OCH3 is 1. The van der Waals surface area contributed by atoms with E-state index in [-0.39, 0.29) is 11.7 Å². The van der Waals surface area contributed by atoms with Gasteiger partial charge in [-0.1, -0.05) is 0 Å². The summed E-state index contributed by atoms with van der Waals surface area (Å²) < 4.78 is 19.7. The molecule has 2 aromatic rings. The van der Waals surface area contributed by atoms with Gasteiger partial charge >= 0.3 is 0 Å². The Hall–Kier alpha value is -2.44. The third kappa shape index (κ3) is 2.87. The molecule has 0 unspecified atom stereocenters. The van der Waals surface area contributed by atoms with Crippen molar-refractivity contribution in [3.63, 3.8) is 0 Å². The Kier molecular flexibility index (Phi) is 3.74. The number of anilines is 1. The lowest BCUT2D eigenvalue weighted by atomic mass is 10.2. The van der Waals surface area contributed by atoms with Crippen LogP contribution in [0.2, 0.25) is 0 Å². The molecule has 0 radical (unpaired) electrons. The van der Waals surface area contributed by atoms with Gasteiger partial charge in [0, 0.05) is 11.8 Å². The minimum atomic E-state index is -0.535. The molecule has 0 aliphatic carbocycles. The molecule has 0 bridgehead atoms. The number of aromatic nitrogens is 3. The van der Waals surface area contributed by atoms with Crippen LogP contribution in [-0.4, -0.2) is 27.8 Å². The van der Waals surface area contributed by atoms with Gasteiger partial charge in [-0.15, -0.1) is 0 Å².